The molecule has 2 aromatic rings. The number of thiazole rings is 1. The number of benzene rings is 1. The van der Waals surface area contributed by atoms with E-state index in [1.54, 1.807) is 6.92 Å². The predicted octanol–water partition coefficient (Wildman–Crippen LogP) is 3.36. The lowest BCUT2D eigenvalue weighted by molar-refractivity contribution is 0.103. The molecule has 0 aliphatic carbocycles. The molecule has 0 radical (unpaired) electrons. The minimum Gasteiger partial charge on any atom is -0.375 e. The largest absolute Gasteiger partial charge is 0.375 e. The first-order chi connectivity index (χ1) is 8.47. The minimum atomic E-state index is -0.183. The van der Waals surface area contributed by atoms with Gasteiger partial charge in [-0.15, -0.1) is 0 Å². The first-order valence-electron chi connectivity index (χ1n) is 5.28. The molecule has 3 N–H and O–H groups in total. The summed E-state index contributed by atoms with van der Waals surface area (Å²) >= 11 is 4.62. The summed E-state index contributed by atoms with van der Waals surface area (Å²) in [7, 11) is 0. The van der Waals surface area contributed by atoms with Crippen LogP contribution in [-0.2, 0) is 0 Å². The van der Waals surface area contributed by atoms with Crippen molar-refractivity contribution in [1.82, 2.24) is 4.98 Å². The fraction of sp³-hybridized carbons (Fsp3) is 0.167. The maximum atomic E-state index is 12.0. The second-order valence-electron chi connectivity index (χ2n) is 3.88. The SMILES string of the molecule is Cc1ccc(NC(=O)c2sc(N)nc2C)cc1Br. The van der Waals surface area contributed by atoms with Gasteiger partial charge in [-0.05, 0) is 31.5 Å². The average Bonchev–Trinajstić information content (AvgIpc) is 2.63. The van der Waals surface area contributed by atoms with Crippen molar-refractivity contribution in [1.29, 1.82) is 0 Å². The van der Waals surface area contributed by atoms with E-state index in [9.17, 15) is 4.79 Å². The van der Waals surface area contributed by atoms with Crippen molar-refractivity contribution in [2.75, 3.05) is 11.1 Å². The molecule has 6 heteroatoms. The Morgan fingerprint density at radius 2 is 2.17 bits per heavy atom. The molecule has 1 aromatic heterocycles. The zero-order chi connectivity index (χ0) is 13.3. The number of carbonyl (C=O) groups is 1. The van der Waals surface area contributed by atoms with Gasteiger partial charge in [0.25, 0.3) is 5.91 Å². The topological polar surface area (TPSA) is 68.0 Å². The normalized spacial score (nSPS) is 10.4. The standard InChI is InChI=1S/C12H12BrN3OS/c1-6-3-4-8(5-9(6)13)16-11(17)10-7(2)15-12(14)18-10/h3-5H,1-2H3,(H2,14,15)(H,16,17). The lowest BCUT2D eigenvalue weighted by Gasteiger charge is -2.06. The van der Waals surface area contributed by atoms with Crippen molar-refractivity contribution >= 4 is 44.0 Å². The van der Waals surface area contributed by atoms with Gasteiger partial charge in [0.1, 0.15) is 4.88 Å². The molecule has 1 aromatic carbocycles. The van der Waals surface area contributed by atoms with Gasteiger partial charge in [-0.1, -0.05) is 33.3 Å². The number of rotatable bonds is 2. The quantitative estimate of drug-likeness (QED) is 0.889. The molecule has 0 atom stereocenters. The Kier molecular flexibility index (Phi) is 3.68. The monoisotopic (exact) mass is 325 g/mol. The molecule has 0 spiro atoms. The Bertz CT molecular complexity index is 609. The summed E-state index contributed by atoms with van der Waals surface area (Å²) in [6, 6.07) is 5.66. The van der Waals surface area contributed by atoms with Gasteiger partial charge in [0.05, 0.1) is 5.69 Å². The summed E-state index contributed by atoms with van der Waals surface area (Å²) in [6.07, 6.45) is 0. The van der Waals surface area contributed by atoms with Crippen LogP contribution in [0, 0.1) is 13.8 Å². The van der Waals surface area contributed by atoms with Gasteiger partial charge in [0.15, 0.2) is 5.13 Å². The maximum Gasteiger partial charge on any atom is 0.267 e. The summed E-state index contributed by atoms with van der Waals surface area (Å²) in [5.74, 6) is -0.183. The van der Waals surface area contributed by atoms with E-state index in [4.69, 9.17) is 5.73 Å². The maximum absolute atomic E-state index is 12.0. The van der Waals surface area contributed by atoms with Gasteiger partial charge in [0.2, 0.25) is 0 Å². The van der Waals surface area contributed by atoms with E-state index in [1.807, 2.05) is 25.1 Å². The number of hydrogen-bond acceptors (Lipinski definition) is 4. The number of aromatic nitrogens is 1. The molecule has 0 aliphatic rings. The molecule has 1 amide bonds. The van der Waals surface area contributed by atoms with Crippen molar-refractivity contribution in [2.24, 2.45) is 0 Å². The molecule has 4 nitrogen and oxygen atoms in total. The van der Waals surface area contributed by atoms with Gasteiger partial charge in [0, 0.05) is 10.2 Å². The lowest BCUT2D eigenvalue weighted by atomic mass is 10.2. The molecule has 0 aliphatic heterocycles. The number of nitrogen functional groups attached to an aromatic ring is 1. The van der Waals surface area contributed by atoms with E-state index < -0.39 is 0 Å². The summed E-state index contributed by atoms with van der Waals surface area (Å²) < 4.78 is 0.959. The highest BCUT2D eigenvalue weighted by Gasteiger charge is 2.14. The molecule has 94 valence electrons. The molecule has 1 heterocycles. The van der Waals surface area contributed by atoms with E-state index in [1.165, 1.54) is 11.3 Å². The Hall–Kier alpha value is -1.40. The second kappa shape index (κ2) is 5.07. The van der Waals surface area contributed by atoms with Gasteiger partial charge in [-0.25, -0.2) is 4.98 Å². The van der Waals surface area contributed by atoms with Crippen LogP contribution in [0.25, 0.3) is 0 Å². The molecular weight excluding hydrogens is 314 g/mol. The number of anilines is 2. The van der Waals surface area contributed by atoms with Crippen LogP contribution in [0.5, 0.6) is 0 Å². The summed E-state index contributed by atoms with van der Waals surface area (Å²) in [5, 5.41) is 3.23. The Labute approximate surface area is 117 Å². The van der Waals surface area contributed by atoms with Crippen LogP contribution < -0.4 is 11.1 Å². The molecule has 0 saturated heterocycles. The number of halogens is 1. The number of hydrogen-bond donors (Lipinski definition) is 2. The third-order valence-electron chi connectivity index (χ3n) is 2.45. The highest BCUT2D eigenvalue weighted by atomic mass is 79.9. The lowest BCUT2D eigenvalue weighted by Crippen LogP contribution is -2.11. The zero-order valence-corrected chi connectivity index (χ0v) is 12.4. The van der Waals surface area contributed by atoms with Crippen LogP contribution in [0.15, 0.2) is 22.7 Å². The number of nitrogens with one attached hydrogen (secondary N) is 1. The molecular formula is C12H12BrN3OS. The molecule has 2 rings (SSSR count). The fourth-order valence-corrected chi connectivity index (χ4v) is 2.59. The van der Waals surface area contributed by atoms with Gasteiger partial charge in [-0.2, -0.15) is 0 Å². The van der Waals surface area contributed by atoms with Crippen LogP contribution >= 0.6 is 27.3 Å². The Morgan fingerprint density at radius 3 is 2.72 bits per heavy atom. The molecule has 0 unspecified atom stereocenters. The van der Waals surface area contributed by atoms with Crippen molar-refractivity contribution in [2.45, 2.75) is 13.8 Å². The Morgan fingerprint density at radius 1 is 1.44 bits per heavy atom. The molecule has 0 saturated carbocycles. The van der Waals surface area contributed by atoms with E-state index in [2.05, 4.69) is 26.2 Å². The highest BCUT2D eigenvalue weighted by Crippen LogP contribution is 2.23. The van der Waals surface area contributed by atoms with Crippen LogP contribution in [0.1, 0.15) is 20.9 Å². The van der Waals surface area contributed by atoms with E-state index in [0.717, 1.165) is 15.7 Å². The number of nitrogens with zero attached hydrogens (tertiary/aromatic N) is 1. The Balaban J connectivity index is 2.21. The number of carbonyl (C=O) groups excluding carboxylic acids is 1. The summed E-state index contributed by atoms with van der Waals surface area (Å²) in [6.45, 7) is 3.76. The van der Waals surface area contributed by atoms with Crippen LogP contribution in [0.2, 0.25) is 0 Å². The van der Waals surface area contributed by atoms with Gasteiger partial charge in [-0.3, -0.25) is 4.79 Å². The molecule has 0 fully saturated rings. The third kappa shape index (κ3) is 2.70. The van der Waals surface area contributed by atoms with E-state index >= 15 is 0 Å². The summed E-state index contributed by atoms with van der Waals surface area (Å²) in [5.41, 5.74) is 8.08. The van der Waals surface area contributed by atoms with Crippen LogP contribution in [-0.4, -0.2) is 10.9 Å². The predicted molar refractivity (Wildman–Crippen MR) is 78.1 cm³/mol. The van der Waals surface area contributed by atoms with Gasteiger partial charge < -0.3 is 11.1 Å². The van der Waals surface area contributed by atoms with Crippen molar-refractivity contribution in [3.05, 3.63) is 38.8 Å². The number of amides is 1. The number of nitrogens with two attached hydrogens (primary N) is 1. The summed E-state index contributed by atoms with van der Waals surface area (Å²) in [4.78, 5) is 16.6. The average molecular weight is 326 g/mol. The minimum absolute atomic E-state index is 0.183. The van der Waals surface area contributed by atoms with E-state index in [0.29, 0.717) is 15.7 Å². The molecule has 0 bridgehead atoms. The fourth-order valence-electron chi connectivity index (χ4n) is 1.49. The zero-order valence-electron chi connectivity index (χ0n) is 9.95. The van der Waals surface area contributed by atoms with Crippen LogP contribution in [0.3, 0.4) is 0 Å². The first kappa shape index (κ1) is 13.0. The highest BCUT2D eigenvalue weighted by molar-refractivity contribution is 9.10. The third-order valence-corrected chi connectivity index (χ3v) is 4.29. The van der Waals surface area contributed by atoms with Crippen molar-refractivity contribution in [3.63, 3.8) is 0 Å². The smallest absolute Gasteiger partial charge is 0.267 e. The van der Waals surface area contributed by atoms with E-state index in [-0.39, 0.29) is 5.91 Å². The van der Waals surface area contributed by atoms with Crippen molar-refractivity contribution < 1.29 is 4.79 Å². The van der Waals surface area contributed by atoms with Gasteiger partial charge >= 0.3 is 0 Å². The van der Waals surface area contributed by atoms with Crippen LogP contribution in [0.4, 0.5) is 10.8 Å². The second-order valence-corrected chi connectivity index (χ2v) is 5.77. The number of aryl methyl sites for hydroxylation is 2. The molecule has 18 heavy (non-hydrogen) atoms. The first-order valence-corrected chi connectivity index (χ1v) is 6.88. The van der Waals surface area contributed by atoms with Crippen molar-refractivity contribution in [3.8, 4) is 0 Å².